The Morgan fingerprint density at radius 2 is 1.31 bits per heavy atom. The number of ketones is 3. The minimum Gasteiger partial charge on any atom is -0.748 e. The third kappa shape index (κ3) is 23.5. The number of amides is 2. The van der Waals surface area contributed by atoms with Gasteiger partial charge in [0.05, 0.1) is 53.7 Å². The summed E-state index contributed by atoms with van der Waals surface area (Å²) >= 11 is 0. The van der Waals surface area contributed by atoms with E-state index in [1.165, 1.54) is 7.11 Å². The van der Waals surface area contributed by atoms with Crippen LogP contribution in [0.3, 0.4) is 0 Å². The van der Waals surface area contributed by atoms with Crippen LogP contribution in [0.2, 0.25) is 0 Å². The molecule has 0 bridgehead atoms. The first-order valence-electron chi connectivity index (χ1n) is 28.5. The third-order valence-corrected chi connectivity index (χ3v) is 14.4. The second-order valence-electron chi connectivity index (χ2n) is 24.1. The molecule has 2 fully saturated rings. The Labute approximate surface area is 490 Å². The van der Waals surface area contributed by atoms with Crippen LogP contribution in [0.1, 0.15) is 115 Å². The summed E-state index contributed by atoms with van der Waals surface area (Å²) in [5.74, 6) is -2.62. The lowest BCUT2D eigenvalue weighted by Crippen LogP contribution is -2.57. The highest BCUT2D eigenvalue weighted by molar-refractivity contribution is 7.84. The summed E-state index contributed by atoms with van der Waals surface area (Å²) < 4.78 is 51.2. The second kappa shape index (κ2) is 31.3. The summed E-state index contributed by atoms with van der Waals surface area (Å²) in [7, 11) is -2.43. The number of hydrogen-bond acceptors (Lipinski definition) is 15. The molecule has 0 spiro atoms. The smallest absolute Gasteiger partial charge is 0.316 e. The van der Waals surface area contributed by atoms with E-state index in [9.17, 15) is 28.8 Å². The molecular weight excluding hydrogens is 1080 g/mol. The van der Waals surface area contributed by atoms with E-state index < -0.39 is 62.8 Å². The number of oxime groups is 1. The summed E-state index contributed by atoms with van der Waals surface area (Å²) in [6.07, 6.45) is 3.87. The molecule has 0 radical (unpaired) electrons. The number of Topliss-reactive ketones (excluding diaryl/α,β-unsaturated/α-hetero) is 3. The van der Waals surface area contributed by atoms with Crippen LogP contribution in [0.25, 0.3) is 0 Å². The fourth-order valence-electron chi connectivity index (χ4n) is 9.77. The molecule has 2 saturated heterocycles. The highest BCUT2D eigenvalue weighted by atomic mass is 32.2. The number of morpholine rings is 1. The number of nitrogens with one attached hydrogen (secondary N) is 2. The predicted octanol–water partition coefficient (Wildman–Crippen LogP) is 8.15. The van der Waals surface area contributed by atoms with Crippen LogP contribution in [-0.4, -0.2) is 129 Å². The molecule has 5 atom stereocenters. The van der Waals surface area contributed by atoms with Crippen molar-refractivity contribution in [3.05, 3.63) is 131 Å². The molecule has 0 aliphatic carbocycles. The van der Waals surface area contributed by atoms with Crippen molar-refractivity contribution in [2.45, 2.75) is 131 Å². The van der Waals surface area contributed by atoms with Gasteiger partial charge in [-0.3, -0.25) is 28.8 Å². The number of esters is 1. The van der Waals surface area contributed by atoms with Crippen LogP contribution >= 0.6 is 0 Å². The predicted molar refractivity (Wildman–Crippen MR) is 315 cm³/mol. The maximum absolute atomic E-state index is 14.8. The average Bonchev–Trinajstić information content (AvgIpc) is 4.20. The van der Waals surface area contributed by atoms with Gasteiger partial charge in [0.25, 0.3) is 0 Å². The Morgan fingerprint density at radius 1 is 0.759 bits per heavy atom. The maximum atomic E-state index is 14.8. The van der Waals surface area contributed by atoms with Crippen molar-refractivity contribution in [2.24, 2.45) is 34.2 Å². The molecule has 2 aliphatic rings. The molecule has 6 rings (SSSR count). The maximum Gasteiger partial charge on any atom is 0.316 e. The molecule has 0 aromatic heterocycles. The molecule has 2 heterocycles. The highest BCUT2D eigenvalue weighted by Crippen LogP contribution is 2.34. The van der Waals surface area contributed by atoms with Crippen molar-refractivity contribution in [1.82, 2.24) is 10.6 Å². The second-order valence-corrected chi connectivity index (χ2v) is 25.5. The number of rotatable bonds is 30. The number of hydrogen-bond donors (Lipinski definition) is 2. The highest BCUT2D eigenvalue weighted by Gasteiger charge is 2.50. The number of carbonyl (C=O) groups excluding carboxylic acids is 6. The molecule has 2 N–H and O–H groups in total. The van der Waals surface area contributed by atoms with Gasteiger partial charge in [0, 0.05) is 36.5 Å². The van der Waals surface area contributed by atoms with Crippen molar-refractivity contribution in [3.63, 3.8) is 0 Å². The minimum absolute atomic E-state index is 0.00166. The van der Waals surface area contributed by atoms with Gasteiger partial charge in [-0.25, -0.2) is 8.42 Å². The summed E-state index contributed by atoms with van der Waals surface area (Å²) in [6, 6.07) is 30.7. The summed E-state index contributed by atoms with van der Waals surface area (Å²) in [5, 5.41) is 9.95. The van der Waals surface area contributed by atoms with Crippen molar-refractivity contribution < 1.29 is 70.0 Å². The molecule has 4 aromatic rings. The Bertz CT molecular complexity index is 2910. The fourth-order valence-corrected chi connectivity index (χ4v) is 9.77. The quantitative estimate of drug-likeness (QED) is 0.00952. The zero-order valence-corrected chi connectivity index (χ0v) is 50.8. The Morgan fingerprint density at radius 3 is 1.88 bits per heavy atom. The van der Waals surface area contributed by atoms with Crippen LogP contribution in [0.15, 0.2) is 108 Å². The van der Waals surface area contributed by atoms with Gasteiger partial charge in [-0.05, 0) is 112 Å². The van der Waals surface area contributed by atoms with Crippen molar-refractivity contribution >= 4 is 51.5 Å². The standard InChI is InChI=1S/C63H82N4O11.CH4O3S/c1-43(2)32-53(55(69)37-51(34-46-18-14-11-15-19-46)60(72)66-54(33-44(3)4)58(70)63(8)42-77-63)65-59(71)50(26-24-45-16-12-10-13-17-45)36-52(68)40-67(28-30-75-31-29-67)39-49-25-27-56(78-61(73)62(5,6)7)57(35-49)76-41-48-22-20-47(21-23-48)38-64-74-9;1-5(2,3)4/h10-23,25,27,35,38,43-44,50-51,53-54H,24,26,28-34,36-37,39-42H2,1-9H3,(H-,65,66,71,72);1H3,(H,2,3,4)/b64-38+;/t50-,51-,53+,54+,63-;/m1./s1. The van der Waals surface area contributed by atoms with E-state index in [0.29, 0.717) is 81.6 Å². The topological polar surface area (TPSA) is 245 Å². The van der Waals surface area contributed by atoms with Crippen LogP contribution in [0, 0.1) is 29.1 Å². The van der Waals surface area contributed by atoms with Gasteiger partial charge in [0.15, 0.2) is 28.8 Å². The number of carbonyl (C=O) groups is 6. The van der Waals surface area contributed by atoms with Crippen molar-refractivity contribution in [1.29, 1.82) is 0 Å². The van der Waals surface area contributed by atoms with Gasteiger partial charge in [-0.1, -0.05) is 118 Å². The molecule has 83 heavy (non-hydrogen) atoms. The number of benzene rings is 4. The molecule has 2 amide bonds. The van der Waals surface area contributed by atoms with E-state index in [0.717, 1.165) is 27.8 Å². The van der Waals surface area contributed by atoms with Gasteiger partial charge in [0.1, 0.15) is 45.5 Å². The van der Waals surface area contributed by atoms with Gasteiger partial charge < -0.3 is 43.5 Å². The van der Waals surface area contributed by atoms with Crippen LogP contribution in [0.4, 0.5) is 0 Å². The number of ether oxygens (including phenoxy) is 4. The Balaban J connectivity index is 0.00000241. The van der Waals surface area contributed by atoms with Gasteiger partial charge in [0.2, 0.25) is 11.8 Å². The van der Waals surface area contributed by atoms with Gasteiger partial charge >= 0.3 is 5.97 Å². The van der Waals surface area contributed by atoms with Crippen LogP contribution in [0.5, 0.6) is 11.5 Å². The van der Waals surface area contributed by atoms with Crippen molar-refractivity contribution in [2.75, 3.05) is 52.8 Å². The van der Waals surface area contributed by atoms with E-state index in [2.05, 4.69) is 15.8 Å². The van der Waals surface area contributed by atoms with E-state index in [-0.39, 0.29) is 67.3 Å². The molecule has 2 aliphatic heterocycles. The number of quaternary nitrogens is 1. The monoisotopic (exact) mass is 1170 g/mol. The van der Waals surface area contributed by atoms with Gasteiger partial charge in [-0.15, -0.1) is 0 Å². The molecule has 0 saturated carbocycles. The third-order valence-electron chi connectivity index (χ3n) is 14.4. The van der Waals surface area contributed by atoms with E-state index in [4.69, 9.17) is 36.8 Å². The molecular formula is C64H86N4O14S. The Kier molecular flexibility index (Phi) is 25.3. The minimum atomic E-state index is -3.92. The largest absolute Gasteiger partial charge is 0.748 e. The first-order chi connectivity index (χ1) is 39.1. The fraction of sp³-hybridized carbons (Fsp3) is 0.516. The zero-order chi connectivity index (χ0) is 61.0. The van der Waals surface area contributed by atoms with E-state index in [1.54, 1.807) is 40.0 Å². The molecule has 452 valence electrons. The normalized spacial score (nSPS) is 17.3. The molecule has 19 heteroatoms. The number of aryl methyl sites for hydroxylation is 1. The number of nitrogens with zero attached hydrogens (tertiary/aromatic N) is 2. The summed E-state index contributed by atoms with van der Waals surface area (Å²) in [5.41, 5.74) is 2.76. The lowest BCUT2D eigenvalue weighted by molar-refractivity contribution is -0.940. The first kappa shape index (κ1) is 67.2. The van der Waals surface area contributed by atoms with Crippen LogP contribution < -0.4 is 20.1 Å². The zero-order valence-electron chi connectivity index (χ0n) is 50.0. The van der Waals surface area contributed by atoms with E-state index in [1.807, 2.05) is 125 Å². The van der Waals surface area contributed by atoms with E-state index >= 15 is 0 Å². The Hall–Kier alpha value is -6.64. The molecule has 0 unspecified atom stereocenters. The molecule has 18 nitrogen and oxygen atoms in total. The van der Waals surface area contributed by atoms with Gasteiger partial charge in [-0.2, -0.15) is 0 Å². The SMILES string of the molecule is CO/N=C/c1ccc(COc2cc(C[N+]3(CC(=O)C[C@@H](CCc4ccccc4)C(=O)N[C@@H](CC(C)C)C(=O)C[C@@H](Cc4ccccc4)C(=O)N[C@@H](CC(C)C)C(=O)[C@@]4(C)CO4)CCOCC3)ccc2OC(=O)C(C)(C)C)cc1.CS(=O)(=O)[O-]. The molecule has 4 aromatic carbocycles. The number of epoxide rings is 1. The lowest BCUT2D eigenvalue weighted by atomic mass is 9.87. The average molecular weight is 1170 g/mol. The summed E-state index contributed by atoms with van der Waals surface area (Å²) in [6.45, 7) is 18.0. The van der Waals surface area contributed by atoms with Crippen molar-refractivity contribution in [3.8, 4) is 11.5 Å². The lowest BCUT2D eigenvalue weighted by Gasteiger charge is -2.41. The first-order valence-corrected chi connectivity index (χ1v) is 30.3. The van der Waals surface area contributed by atoms with Crippen LogP contribution in [-0.2, 0) is 79.2 Å². The summed E-state index contributed by atoms with van der Waals surface area (Å²) in [4.78, 5) is 90.1.